The minimum absolute atomic E-state index is 0.745. The first kappa shape index (κ1) is 15.5. The maximum atomic E-state index is 13.7. The van der Waals surface area contributed by atoms with E-state index in [1.807, 2.05) is 91.9 Å². The standard InChI is InChI=1S/C20H18NOP/c1-17-12-14-18(15-13-17)16-21-23(22,19-8-4-2-5-9-19)20-10-6-3-7-11-20/h2-16H,1H3. The van der Waals surface area contributed by atoms with E-state index >= 15 is 0 Å². The van der Waals surface area contributed by atoms with Crippen molar-refractivity contribution in [1.29, 1.82) is 0 Å². The fourth-order valence-corrected chi connectivity index (χ4v) is 4.36. The van der Waals surface area contributed by atoms with Crippen LogP contribution in [0.2, 0.25) is 0 Å². The van der Waals surface area contributed by atoms with Crippen molar-refractivity contribution in [3.8, 4) is 0 Å². The van der Waals surface area contributed by atoms with Crippen LogP contribution in [-0.4, -0.2) is 6.21 Å². The van der Waals surface area contributed by atoms with Gasteiger partial charge in [-0.3, -0.25) is 4.57 Å². The van der Waals surface area contributed by atoms with E-state index < -0.39 is 7.29 Å². The van der Waals surface area contributed by atoms with Crippen LogP contribution in [0.3, 0.4) is 0 Å². The van der Waals surface area contributed by atoms with Crippen molar-refractivity contribution in [2.75, 3.05) is 0 Å². The predicted molar refractivity (Wildman–Crippen MR) is 98.5 cm³/mol. The van der Waals surface area contributed by atoms with E-state index in [0.717, 1.165) is 16.2 Å². The highest BCUT2D eigenvalue weighted by molar-refractivity contribution is 7.77. The molecule has 0 saturated heterocycles. The third kappa shape index (κ3) is 3.49. The first-order chi connectivity index (χ1) is 11.2. The topological polar surface area (TPSA) is 29.4 Å². The average Bonchev–Trinajstić information content (AvgIpc) is 2.62. The molecule has 114 valence electrons. The minimum Gasteiger partial charge on any atom is -0.288 e. The maximum Gasteiger partial charge on any atom is 0.247 e. The van der Waals surface area contributed by atoms with Gasteiger partial charge in [-0.25, -0.2) is 4.76 Å². The lowest BCUT2D eigenvalue weighted by Crippen LogP contribution is -2.14. The summed E-state index contributed by atoms with van der Waals surface area (Å²) in [4.78, 5) is 0. The third-order valence-electron chi connectivity index (χ3n) is 3.66. The SMILES string of the molecule is Cc1ccc(C=NP(=O)(c2ccccc2)c2ccccc2)cc1. The van der Waals surface area contributed by atoms with E-state index in [1.54, 1.807) is 6.21 Å². The molecule has 0 unspecified atom stereocenters. The summed E-state index contributed by atoms with van der Waals surface area (Å²) in [6, 6.07) is 26.9. The largest absolute Gasteiger partial charge is 0.288 e. The molecule has 3 rings (SSSR count). The van der Waals surface area contributed by atoms with Crippen LogP contribution >= 0.6 is 7.29 Å². The molecule has 3 aromatic rings. The smallest absolute Gasteiger partial charge is 0.247 e. The Morgan fingerprint density at radius 2 is 1.22 bits per heavy atom. The summed E-state index contributed by atoms with van der Waals surface area (Å²) in [6.07, 6.45) is 1.71. The highest BCUT2D eigenvalue weighted by atomic mass is 31.2. The third-order valence-corrected chi connectivity index (χ3v) is 6.10. The van der Waals surface area contributed by atoms with Crippen LogP contribution in [0.4, 0.5) is 0 Å². The zero-order valence-electron chi connectivity index (χ0n) is 13.0. The highest BCUT2D eigenvalue weighted by Crippen LogP contribution is 2.44. The first-order valence-electron chi connectivity index (χ1n) is 7.52. The second-order valence-corrected chi connectivity index (χ2v) is 7.82. The molecule has 0 saturated carbocycles. The molecular formula is C20H18NOP. The lowest BCUT2D eigenvalue weighted by atomic mass is 10.2. The first-order valence-corrected chi connectivity index (χ1v) is 9.18. The van der Waals surface area contributed by atoms with Gasteiger partial charge in [-0.05, 0) is 36.8 Å². The van der Waals surface area contributed by atoms with Crippen molar-refractivity contribution in [3.05, 3.63) is 96.1 Å². The number of hydrogen-bond donors (Lipinski definition) is 0. The summed E-state index contributed by atoms with van der Waals surface area (Å²) in [5.41, 5.74) is 2.14. The molecule has 3 aromatic carbocycles. The molecule has 0 aliphatic carbocycles. The number of rotatable bonds is 4. The Morgan fingerprint density at radius 1 is 0.739 bits per heavy atom. The van der Waals surface area contributed by atoms with Gasteiger partial charge >= 0.3 is 0 Å². The molecule has 0 aliphatic rings. The van der Waals surface area contributed by atoms with Crippen molar-refractivity contribution >= 4 is 24.1 Å². The number of nitrogens with zero attached hydrogens (tertiary/aromatic N) is 1. The highest BCUT2D eigenvalue weighted by Gasteiger charge is 2.25. The lowest BCUT2D eigenvalue weighted by Gasteiger charge is -2.14. The van der Waals surface area contributed by atoms with Crippen LogP contribution in [0.15, 0.2) is 89.7 Å². The number of hydrogen-bond acceptors (Lipinski definition) is 1. The van der Waals surface area contributed by atoms with Gasteiger partial charge in [-0.15, -0.1) is 0 Å². The summed E-state index contributed by atoms with van der Waals surface area (Å²) in [5, 5.41) is 1.49. The Bertz CT molecular complexity index is 796. The van der Waals surface area contributed by atoms with Crippen LogP contribution in [0.25, 0.3) is 0 Å². The summed E-state index contributed by atoms with van der Waals surface area (Å²) < 4.78 is 18.2. The Labute approximate surface area is 137 Å². The second-order valence-electron chi connectivity index (χ2n) is 5.40. The van der Waals surface area contributed by atoms with E-state index in [0.29, 0.717) is 0 Å². The quantitative estimate of drug-likeness (QED) is 0.519. The summed E-state index contributed by atoms with van der Waals surface area (Å²) in [6.45, 7) is 2.04. The molecular weight excluding hydrogens is 301 g/mol. The van der Waals surface area contributed by atoms with Gasteiger partial charge in [-0.1, -0.05) is 66.2 Å². The molecule has 0 atom stereocenters. The Hall–Kier alpha value is -2.44. The van der Waals surface area contributed by atoms with Crippen molar-refractivity contribution in [1.82, 2.24) is 0 Å². The fraction of sp³-hybridized carbons (Fsp3) is 0.0500. The van der Waals surface area contributed by atoms with Crippen LogP contribution in [0, 0.1) is 6.92 Å². The minimum atomic E-state index is -3.03. The van der Waals surface area contributed by atoms with Gasteiger partial charge in [0.15, 0.2) is 0 Å². The van der Waals surface area contributed by atoms with E-state index in [2.05, 4.69) is 4.76 Å². The molecule has 3 heteroatoms. The molecule has 0 aliphatic heterocycles. The van der Waals surface area contributed by atoms with Gasteiger partial charge in [0.1, 0.15) is 0 Å². The maximum absolute atomic E-state index is 13.7. The van der Waals surface area contributed by atoms with E-state index in [-0.39, 0.29) is 0 Å². The Balaban J connectivity index is 2.06. The van der Waals surface area contributed by atoms with Crippen molar-refractivity contribution in [2.24, 2.45) is 4.76 Å². The van der Waals surface area contributed by atoms with Crippen molar-refractivity contribution in [3.63, 3.8) is 0 Å². The average molecular weight is 319 g/mol. The molecule has 0 spiro atoms. The zero-order chi connectivity index (χ0) is 16.1. The van der Waals surface area contributed by atoms with E-state index in [4.69, 9.17) is 0 Å². The molecule has 0 N–H and O–H groups in total. The molecule has 0 aromatic heterocycles. The van der Waals surface area contributed by atoms with Gasteiger partial charge in [-0.2, -0.15) is 0 Å². The van der Waals surface area contributed by atoms with E-state index in [9.17, 15) is 4.57 Å². The van der Waals surface area contributed by atoms with Gasteiger partial charge in [0.2, 0.25) is 7.29 Å². The number of aryl methyl sites for hydroxylation is 1. The normalized spacial score (nSPS) is 11.7. The summed E-state index contributed by atoms with van der Waals surface area (Å²) in [5.74, 6) is 0. The predicted octanol–water partition coefficient (Wildman–Crippen LogP) is 4.34. The molecule has 0 amide bonds. The van der Waals surface area contributed by atoms with Crippen LogP contribution < -0.4 is 10.6 Å². The molecule has 0 radical (unpaired) electrons. The van der Waals surface area contributed by atoms with Gasteiger partial charge < -0.3 is 0 Å². The Kier molecular flexibility index (Phi) is 4.55. The van der Waals surface area contributed by atoms with Crippen molar-refractivity contribution in [2.45, 2.75) is 6.92 Å². The van der Waals surface area contributed by atoms with Gasteiger partial charge in [0.05, 0.1) is 0 Å². The van der Waals surface area contributed by atoms with Crippen molar-refractivity contribution < 1.29 is 4.57 Å². The lowest BCUT2D eigenvalue weighted by molar-refractivity contribution is 0.588. The fourth-order valence-electron chi connectivity index (χ4n) is 2.34. The molecule has 0 heterocycles. The second kappa shape index (κ2) is 6.76. The monoisotopic (exact) mass is 319 g/mol. The van der Waals surface area contributed by atoms with E-state index in [1.165, 1.54) is 5.56 Å². The van der Waals surface area contributed by atoms with Crippen LogP contribution in [-0.2, 0) is 4.57 Å². The summed E-state index contributed by atoms with van der Waals surface area (Å²) in [7, 11) is -3.03. The van der Waals surface area contributed by atoms with Crippen LogP contribution in [0.1, 0.15) is 11.1 Å². The molecule has 2 nitrogen and oxygen atoms in total. The zero-order valence-corrected chi connectivity index (χ0v) is 13.9. The summed E-state index contributed by atoms with van der Waals surface area (Å²) >= 11 is 0. The molecule has 23 heavy (non-hydrogen) atoms. The van der Waals surface area contributed by atoms with Gasteiger partial charge in [0.25, 0.3) is 0 Å². The Morgan fingerprint density at radius 3 is 1.70 bits per heavy atom. The number of benzene rings is 3. The molecule has 0 bridgehead atoms. The molecule has 0 fully saturated rings. The van der Waals surface area contributed by atoms with Gasteiger partial charge in [0, 0.05) is 16.8 Å². The van der Waals surface area contributed by atoms with Crippen LogP contribution in [0.5, 0.6) is 0 Å².